The fourth-order valence-electron chi connectivity index (χ4n) is 7.57. The van der Waals surface area contributed by atoms with Gasteiger partial charge in [0, 0.05) is 29.5 Å². The molecule has 170 valence electrons. The smallest absolute Gasteiger partial charge is 0.331 e. The standard InChI is InChI=1S/C26H38N2O3/c29-23(30)21-18-26(31)13-8-4-1-2-5-9-14-27-16-12-22(21)25(19-27)17-20-11-7-3-6-10-15-28(20)24(25)26/h1,4,7,11,18,20,22,24,31H,2-3,5-6,8-10,12-17,19H2,(H,29,30)/b4-1-,11-7-/t20-,22-,24+,25-,26-/m0/s1. The summed E-state index contributed by atoms with van der Waals surface area (Å²) in [5, 5.41) is 22.4. The molecule has 0 aromatic rings. The van der Waals surface area contributed by atoms with E-state index in [1.807, 2.05) is 0 Å². The lowest BCUT2D eigenvalue weighted by Crippen LogP contribution is -2.66. The highest BCUT2D eigenvalue weighted by Gasteiger charge is 2.66. The number of rotatable bonds is 1. The summed E-state index contributed by atoms with van der Waals surface area (Å²) < 4.78 is 0. The van der Waals surface area contributed by atoms with Crippen LogP contribution in [-0.4, -0.2) is 69.8 Å². The monoisotopic (exact) mass is 426 g/mol. The van der Waals surface area contributed by atoms with E-state index >= 15 is 0 Å². The molecule has 31 heavy (non-hydrogen) atoms. The van der Waals surface area contributed by atoms with Crippen LogP contribution in [-0.2, 0) is 4.79 Å². The third-order valence-electron chi connectivity index (χ3n) is 8.71. The average Bonchev–Trinajstić information content (AvgIpc) is 3.01. The minimum absolute atomic E-state index is 0.00203. The molecule has 4 aliphatic heterocycles. The summed E-state index contributed by atoms with van der Waals surface area (Å²) in [6.45, 7) is 3.98. The number of aliphatic carboxylic acids is 1. The summed E-state index contributed by atoms with van der Waals surface area (Å²) in [4.78, 5) is 17.6. The van der Waals surface area contributed by atoms with Crippen LogP contribution in [0.15, 0.2) is 36.0 Å². The first-order valence-corrected chi connectivity index (χ1v) is 12.5. The van der Waals surface area contributed by atoms with Crippen LogP contribution in [0.4, 0.5) is 0 Å². The Morgan fingerprint density at radius 2 is 1.77 bits per heavy atom. The minimum atomic E-state index is -1.09. The maximum Gasteiger partial charge on any atom is 0.331 e. The third kappa shape index (κ3) is 3.73. The molecule has 2 saturated heterocycles. The molecule has 1 spiro atoms. The largest absolute Gasteiger partial charge is 0.478 e. The van der Waals surface area contributed by atoms with E-state index in [1.165, 1.54) is 19.3 Å². The highest BCUT2D eigenvalue weighted by molar-refractivity contribution is 5.88. The number of piperidine rings is 1. The molecule has 5 heteroatoms. The first-order chi connectivity index (χ1) is 15.0. The molecule has 2 fully saturated rings. The number of carbonyl (C=O) groups is 1. The van der Waals surface area contributed by atoms with E-state index in [-0.39, 0.29) is 17.4 Å². The van der Waals surface area contributed by atoms with Crippen molar-refractivity contribution in [2.24, 2.45) is 11.3 Å². The van der Waals surface area contributed by atoms with Gasteiger partial charge in [0.2, 0.25) is 0 Å². The van der Waals surface area contributed by atoms with Crippen molar-refractivity contribution in [2.45, 2.75) is 81.9 Å². The number of aliphatic hydroxyl groups is 1. The third-order valence-corrected chi connectivity index (χ3v) is 8.71. The van der Waals surface area contributed by atoms with Gasteiger partial charge >= 0.3 is 5.97 Å². The lowest BCUT2D eigenvalue weighted by atomic mass is 9.55. The summed E-state index contributed by atoms with van der Waals surface area (Å²) in [5.74, 6) is -0.793. The molecule has 0 amide bonds. The van der Waals surface area contributed by atoms with Crippen LogP contribution in [0.2, 0.25) is 0 Å². The molecule has 0 radical (unpaired) electrons. The van der Waals surface area contributed by atoms with Gasteiger partial charge in [0.25, 0.3) is 0 Å². The van der Waals surface area contributed by atoms with Gasteiger partial charge in [-0.2, -0.15) is 0 Å². The molecular weight excluding hydrogens is 388 g/mol. The molecule has 0 saturated carbocycles. The lowest BCUT2D eigenvalue weighted by molar-refractivity contribution is -0.139. The second kappa shape index (κ2) is 8.49. The van der Waals surface area contributed by atoms with Crippen molar-refractivity contribution in [3.05, 3.63) is 36.0 Å². The molecule has 0 aromatic carbocycles. The van der Waals surface area contributed by atoms with Crippen LogP contribution in [0.5, 0.6) is 0 Å². The molecular formula is C26H38N2O3. The molecule has 5 aliphatic rings. The van der Waals surface area contributed by atoms with E-state index in [0.717, 1.165) is 64.7 Å². The van der Waals surface area contributed by atoms with Crippen LogP contribution in [0, 0.1) is 11.3 Å². The molecule has 4 heterocycles. The SMILES string of the molecule is O=C(O)C1=C[C@@]2(O)CC/C=C\CCCCN3CC[C@@H]1[C@]1(C[C@@H]4/C=C\CCCCN4[C@H]12)C3. The van der Waals surface area contributed by atoms with Gasteiger partial charge in [0.05, 0.1) is 11.6 Å². The van der Waals surface area contributed by atoms with E-state index in [4.69, 9.17) is 0 Å². The second-order valence-corrected chi connectivity index (χ2v) is 10.6. The second-order valence-electron chi connectivity index (χ2n) is 10.6. The van der Waals surface area contributed by atoms with Crippen molar-refractivity contribution in [1.29, 1.82) is 0 Å². The Kier molecular flexibility index (Phi) is 5.87. The highest BCUT2D eigenvalue weighted by atomic mass is 16.4. The lowest BCUT2D eigenvalue weighted by Gasteiger charge is -2.57. The van der Waals surface area contributed by atoms with Crippen molar-refractivity contribution >= 4 is 5.97 Å². The molecule has 0 aromatic heterocycles. The van der Waals surface area contributed by atoms with Gasteiger partial charge in [-0.1, -0.05) is 24.3 Å². The number of carboxylic acid groups (broad SMARTS) is 1. The Morgan fingerprint density at radius 1 is 1.00 bits per heavy atom. The van der Waals surface area contributed by atoms with Gasteiger partial charge in [-0.05, 0) is 89.9 Å². The maximum absolute atomic E-state index is 12.4. The van der Waals surface area contributed by atoms with E-state index in [1.54, 1.807) is 6.08 Å². The number of hydrogen-bond acceptors (Lipinski definition) is 4. The predicted octanol–water partition coefficient (Wildman–Crippen LogP) is 3.75. The fourth-order valence-corrected chi connectivity index (χ4v) is 7.57. The Labute approximate surface area is 186 Å². The van der Waals surface area contributed by atoms with Crippen LogP contribution in [0.1, 0.15) is 64.2 Å². The zero-order chi connectivity index (χ0) is 21.5. The van der Waals surface area contributed by atoms with E-state index in [2.05, 4.69) is 34.1 Å². The minimum Gasteiger partial charge on any atom is -0.478 e. The van der Waals surface area contributed by atoms with Crippen molar-refractivity contribution in [2.75, 3.05) is 26.2 Å². The molecule has 6 atom stereocenters. The summed E-state index contributed by atoms with van der Waals surface area (Å²) in [6.07, 6.45) is 21.2. The Morgan fingerprint density at radius 3 is 2.61 bits per heavy atom. The molecule has 5 rings (SSSR count). The number of nitrogens with zero attached hydrogens (tertiary/aromatic N) is 2. The number of fused-ring (bicyclic) bond motifs is 2. The average molecular weight is 427 g/mol. The molecule has 2 N–H and O–H groups in total. The number of allylic oxidation sites excluding steroid dienone is 3. The predicted molar refractivity (Wildman–Crippen MR) is 122 cm³/mol. The van der Waals surface area contributed by atoms with Gasteiger partial charge in [0.1, 0.15) is 0 Å². The normalized spacial score (nSPS) is 45.5. The van der Waals surface area contributed by atoms with Gasteiger partial charge in [-0.15, -0.1) is 0 Å². The molecule has 3 bridgehead atoms. The van der Waals surface area contributed by atoms with Crippen molar-refractivity contribution < 1.29 is 15.0 Å². The summed E-state index contributed by atoms with van der Waals surface area (Å²) in [6, 6.07) is 0.307. The number of hydrogen-bond donors (Lipinski definition) is 2. The number of carboxylic acids is 1. The van der Waals surface area contributed by atoms with Gasteiger partial charge in [-0.3, -0.25) is 4.90 Å². The van der Waals surface area contributed by atoms with Crippen molar-refractivity contribution in [3.8, 4) is 0 Å². The molecule has 5 nitrogen and oxygen atoms in total. The zero-order valence-corrected chi connectivity index (χ0v) is 18.7. The van der Waals surface area contributed by atoms with Gasteiger partial charge in [-0.25, -0.2) is 4.79 Å². The first kappa shape index (κ1) is 21.4. The van der Waals surface area contributed by atoms with Crippen LogP contribution < -0.4 is 0 Å². The Bertz CT molecular complexity index is 790. The van der Waals surface area contributed by atoms with E-state index in [9.17, 15) is 15.0 Å². The van der Waals surface area contributed by atoms with Gasteiger partial charge in [0.15, 0.2) is 0 Å². The fraction of sp³-hybridized carbons (Fsp3) is 0.731. The zero-order valence-electron chi connectivity index (χ0n) is 18.7. The summed E-state index contributed by atoms with van der Waals surface area (Å²) >= 11 is 0. The van der Waals surface area contributed by atoms with E-state index in [0.29, 0.717) is 18.0 Å². The maximum atomic E-state index is 12.4. The van der Waals surface area contributed by atoms with E-state index < -0.39 is 11.6 Å². The molecule has 1 unspecified atom stereocenters. The topological polar surface area (TPSA) is 64.0 Å². The summed E-state index contributed by atoms with van der Waals surface area (Å²) in [7, 11) is 0. The highest BCUT2D eigenvalue weighted by Crippen LogP contribution is 2.59. The van der Waals surface area contributed by atoms with Crippen LogP contribution >= 0.6 is 0 Å². The van der Waals surface area contributed by atoms with Crippen molar-refractivity contribution in [3.63, 3.8) is 0 Å². The Hall–Kier alpha value is -1.43. The quantitative estimate of drug-likeness (QED) is 0.625. The van der Waals surface area contributed by atoms with Crippen LogP contribution in [0.25, 0.3) is 0 Å². The first-order valence-electron chi connectivity index (χ1n) is 12.5. The molecule has 1 aliphatic carbocycles. The van der Waals surface area contributed by atoms with Crippen LogP contribution in [0.3, 0.4) is 0 Å². The van der Waals surface area contributed by atoms with Crippen molar-refractivity contribution in [1.82, 2.24) is 9.80 Å². The summed E-state index contributed by atoms with van der Waals surface area (Å²) in [5.41, 5.74) is -0.795. The Balaban J connectivity index is 1.65. The van der Waals surface area contributed by atoms with Gasteiger partial charge < -0.3 is 15.1 Å².